The van der Waals surface area contributed by atoms with E-state index < -0.39 is 17.3 Å². The van der Waals surface area contributed by atoms with Crippen molar-refractivity contribution in [3.8, 4) is 12.3 Å². The van der Waals surface area contributed by atoms with Crippen molar-refractivity contribution in [2.45, 2.75) is 19.4 Å². The minimum absolute atomic E-state index is 0.108. The normalized spacial score (nSPS) is 10.6. The molecule has 0 unspecified atom stereocenters. The van der Waals surface area contributed by atoms with Crippen LogP contribution in [0.5, 0.6) is 0 Å². The Morgan fingerprint density at radius 3 is 2.75 bits per heavy atom. The summed E-state index contributed by atoms with van der Waals surface area (Å²) in [6.45, 7) is 3.30. The summed E-state index contributed by atoms with van der Waals surface area (Å²) < 4.78 is 13.3. The summed E-state index contributed by atoms with van der Waals surface area (Å²) in [5.74, 6) is 1.19. The maximum absolute atomic E-state index is 13.3. The second-order valence-electron chi connectivity index (χ2n) is 3.96. The van der Waals surface area contributed by atoms with Crippen LogP contribution in [0, 0.1) is 18.2 Å². The molecular weight excluding hydrogens is 207 g/mol. The van der Waals surface area contributed by atoms with Gasteiger partial charge < -0.3 is 11.1 Å². The first kappa shape index (κ1) is 12.1. The molecule has 0 bridgehead atoms. The van der Waals surface area contributed by atoms with Gasteiger partial charge >= 0.3 is 0 Å². The van der Waals surface area contributed by atoms with Crippen LogP contribution >= 0.6 is 0 Å². The Kier molecular flexibility index (Phi) is 3.19. The largest absolute Gasteiger partial charge is 0.399 e. The van der Waals surface area contributed by atoms with Crippen LogP contribution in [0.25, 0.3) is 0 Å². The van der Waals surface area contributed by atoms with Crippen LogP contribution in [0.15, 0.2) is 18.2 Å². The number of benzene rings is 1. The van der Waals surface area contributed by atoms with Crippen molar-refractivity contribution in [2.75, 3.05) is 5.73 Å². The van der Waals surface area contributed by atoms with Gasteiger partial charge in [-0.05, 0) is 32.0 Å². The molecule has 0 radical (unpaired) electrons. The third-order valence-corrected chi connectivity index (χ3v) is 2.02. The molecule has 0 atom stereocenters. The van der Waals surface area contributed by atoms with Crippen LogP contribution in [0.2, 0.25) is 0 Å². The predicted molar refractivity (Wildman–Crippen MR) is 61.2 cm³/mol. The summed E-state index contributed by atoms with van der Waals surface area (Å²) in [7, 11) is 0. The Balaban J connectivity index is 2.98. The summed E-state index contributed by atoms with van der Waals surface area (Å²) >= 11 is 0. The van der Waals surface area contributed by atoms with Crippen molar-refractivity contribution in [3.63, 3.8) is 0 Å². The molecule has 0 spiro atoms. The highest BCUT2D eigenvalue weighted by atomic mass is 19.1. The van der Waals surface area contributed by atoms with Crippen LogP contribution in [0.4, 0.5) is 10.1 Å². The molecule has 0 aliphatic carbocycles. The highest BCUT2D eigenvalue weighted by molar-refractivity contribution is 5.96. The highest BCUT2D eigenvalue weighted by Gasteiger charge is 2.20. The fourth-order valence-corrected chi connectivity index (χ4v) is 1.10. The SMILES string of the molecule is C#CC(C)(C)NC(=O)c1cc(N)ccc1F. The van der Waals surface area contributed by atoms with E-state index in [1.165, 1.54) is 12.1 Å². The van der Waals surface area contributed by atoms with E-state index in [9.17, 15) is 9.18 Å². The van der Waals surface area contributed by atoms with Gasteiger partial charge in [0.1, 0.15) is 5.82 Å². The maximum Gasteiger partial charge on any atom is 0.255 e. The van der Waals surface area contributed by atoms with E-state index in [4.69, 9.17) is 12.2 Å². The molecule has 84 valence electrons. The Labute approximate surface area is 93.8 Å². The van der Waals surface area contributed by atoms with Gasteiger partial charge in [-0.25, -0.2) is 4.39 Å². The third-order valence-electron chi connectivity index (χ3n) is 2.02. The lowest BCUT2D eigenvalue weighted by atomic mass is 10.1. The number of rotatable bonds is 2. The van der Waals surface area contributed by atoms with Crippen LogP contribution in [-0.2, 0) is 0 Å². The topological polar surface area (TPSA) is 55.1 Å². The molecule has 0 aliphatic rings. The quantitative estimate of drug-likeness (QED) is 0.587. The maximum atomic E-state index is 13.3. The number of hydrogen-bond acceptors (Lipinski definition) is 2. The number of nitrogens with two attached hydrogens (primary N) is 1. The number of halogens is 1. The van der Waals surface area contributed by atoms with Crippen LogP contribution in [-0.4, -0.2) is 11.4 Å². The van der Waals surface area contributed by atoms with Crippen molar-refractivity contribution in [1.82, 2.24) is 5.32 Å². The molecule has 1 aromatic carbocycles. The molecule has 3 N–H and O–H groups in total. The third kappa shape index (κ3) is 2.74. The Morgan fingerprint density at radius 1 is 1.56 bits per heavy atom. The number of carbonyl (C=O) groups is 1. The number of nitrogen functional groups attached to an aromatic ring is 1. The molecule has 3 nitrogen and oxygen atoms in total. The lowest BCUT2D eigenvalue weighted by Gasteiger charge is -2.19. The minimum Gasteiger partial charge on any atom is -0.399 e. The number of anilines is 1. The van der Waals surface area contributed by atoms with E-state index >= 15 is 0 Å². The van der Waals surface area contributed by atoms with E-state index in [0.717, 1.165) is 6.07 Å². The molecule has 4 heteroatoms. The van der Waals surface area contributed by atoms with Gasteiger partial charge in [-0.3, -0.25) is 4.79 Å². The van der Waals surface area contributed by atoms with Crippen LogP contribution in [0.1, 0.15) is 24.2 Å². The van der Waals surface area contributed by atoms with Gasteiger partial charge in [0.2, 0.25) is 0 Å². The summed E-state index contributed by atoms with van der Waals surface area (Å²) in [6, 6.07) is 3.81. The van der Waals surface area contributed by atoms with Crippen molar-refractivity contribution in [2.24, 2.45) is 0 Å². The predicted octanol–water partition coefficient (Wildman–Crippen LogP) is 1.55. The standard InChI is InChI=1S/C12H13FN2O/c1-4-12(2,3)15-11(16)9-7-8(14)5-6-10(9)13/h1,5-7H,14H2,2-3H3,(H,15,16). The molecule has 0 aromatic heterocycles. The fraction of sp³-hybridized carbons (Fsp3) is 0.250. The van der Waals surface area contributed by atoms with Gasteiger partial charge in [-0.1, -0.05) is 5.92 Å². The van der Waals surface area contributed by atoms with E-state index in [-0.39, 0.29) is 5.56 Å². The number of nitrogens with one attached hydrogen (secondary N) is 1. The lowest BCUT2D eigenvalue weighted by molar-refractivity contribution is 0.0926. The summed E-state index contributed by atoms with van der Waals surface area (Å²) in [5.41, 5.74) is 4.87. The van der Waals surface area contributed by atoms with Gasteiger partial charge in [-0.2, -0.15) is 0 Å². The molecule has 0 aliphatic heterocycles. The van der Waals surface area contributed by atoms with Crippen molar-refractivity contribution in [1.29, 1.82) is 0 Å². The number of carbonyl (C=O) groups excluding carboxylic acids is 1. The lowest BCUT2D eigenvalue weighted by Crippen LogP contribution is -2.42. The molecule has 1 amide bonds. The summed E-state index contributed by atoms with van der Waals surface area (Å²) in [4.78, 5) is 11.7. The zero-order valence-corrected chi connectivity index (χ0v) is 9.17. The Hall–Kier alpha value is -2.02. The van der Waals surface area contributed by atoms with Gasteiger partial charge in [0.15, 0.2) is 0 Å². The first-order valence-electron chi connectivity index (χ1n) is 4.71. The van der Waals surface area contributed by atoms with E-state index in [1.54, 1.807) is 13.8 Å². The Bertz CT molecular complexity index is 461. The fourth-order valence-electron chi connectivity index (χ4n) is 1.10. The van der Waals surface area contributed by atoms with Crippen molar-refractivity contribution < 1.29 is 9.18 Å². The molecule has 16 heavy (non-hydrogen) atoms. The summed E-state index contributed by atoms with van der Waals surface area (Å²) in [5, 5.41) is 2.52. The second-order valence-corrected chi connectivity index (χ2v) is 3.96. The number of terminal acetylenes is 1. The average Bonchev–Trinajstić information content (AvgIpc) is 2.21. The van der Waals surface area contributed by atoms with Crippen molar-refractivity contribution in [3.05, 3.63) is 29.6 Å². The van der Waals surface area contributed by atoms with E-state index in [0.29, 0.717) is 5.69 Å². The molecule has 0 saturated carbocycles. The molecular formula is C12H13FN2O. The van der Waals surface area contributed by atoms with Crippen LogP contribution in [0.3, 0.4) is 0 Å². The summed E-state index contributed by atoms with van der Waals surface area (Å²) in [6.07, 6.45) is 5.22. The van der Waals surface area contributed by atoms with Gasteiger partial charge in [-0.15, -0.1) is 6.42 Å². The molecule has 0 heterocycles. The van der Waals surface area contributed by atoms with E-state index in [2.05, 4.69) is 11.2 Å². The zero-order valence-electron chi connectivity index (χ0n) is 9.17. The van der Waals surface area contributed by atoms with Crippen LogP contribution < -0.4 is 11.1 Å². The Morgan fingerprint density at radius 2 is 2.19 bits per heavy atom. The molecule has 1 rings (SSSR count). The van der Waals surface area contributed by atoms with Gasteiger partial charge in [0.25, 0.3) is 5.91 Å². The molecule has 0 saturated heterocycles. The monoisotopic (exact) mass is 220 g/mol. The number of hydrogen-bond donors (Lipinski definition) is 2. The number of amides is 1. The average molecular weight is 220 g/mol. The van der Waals surface area contributed by atoms with Crippen molar-refractivity contribution >= 4 is 11.6 Å². The molecule has 1 aromatic rings. The first-order chi connectivity index (χ1) is 7.35. The zero-order chi connectivity index (χ0) is 12.3. The van der Waals surface area contributed by atoms with E-state index in [1.807, 2.05) is 0 Å². The second kappa shape index (κ2) is 4.23. The molecule has 0 fully saturated rings. The van der Waals surface area contributed by atoms with Gasteiger partial charge in [0.05, 0.1) is 11.1 Å². The van der Waals surface area contributed by atoms with Gasteiger partial charge in [0, 0.05) is 5.69 Å². The first-order valence-corrected chi connectivity index (χ1v) is 4.71. The highest BCUT2D eigenvalue weighted by Crippen LogP contribution is 2.13. The smallest absolute Gasteiger partial charge is 0.255 e. The minimum atomic E-state index is -0.825.